The van der Waals surface area contributed by atoms with Crippen LogP contribution in [0.15, 0.2) is 36.4 Å². The van der Waals surface area contributed by atoms with Gasteiger partial charge in [0, 0.05) is 5.56 Å². The third kappa shape index (κ3) is 3.00. The van der Waals surface area contributed by atoms with E-state index in [1.807, 2.05) is 25.1 Å². The summed E-state index contributed by atoms with van der Waals surface area (Å²) in [6.45, 7) is 3.13. The van der Waals surface area contributed by atoms with E-state index >= 15 is 0 Å². The van der Waals surface area contributed by atoms with E-state index in [2.05, 4.69) is 20.7 Å². The van der Waals surface area contributed by atoms with Gasteiger partial charge < -0.3 is 14.8 Å². The molecule has 3 aromatic rings. The minimum Gasteiger partial charge on any atom is -0.486 e. The monoisotopic (exact) mass is 338 g/mol. The number of hydrogen-bond acceptors (Lipinski definition) is 5. The van der Waals surface area contributed by atoms with Crippen LogP contribution in [0, 0.1) is 0 Å². The number of H-pyrrole nitrogens is 1. The molecule has 2 heterocycles. The lowest BCUT2D eigenvalue weighted by atomic mass is 10.0. The zero-order valence-electron chi connectivity index (χ0n) is 13.8. The van der Waals surface area contributed by atoms with E-state index in [1.165, 1.54) is 0 Å². The lowest BCUT2D eigenvalue weighted by Gasteiger charge is -2.22. The molecule has 1 aliphatic rings. The summed E-state index contributed by atoms with van der Waals surface area (Å²) in [5.74, 6) is 1.32. The molecule has 0 saturated carbocycles. The van der Waals surface area contributed by atoms with Gasteiger partial charge in [-0.3, -0.25) is 4.79 Å². The predicted octanol–water partition coefficient (Wildman–Crippen LogP) is 2.61. The summed E-state index contributed by atoms with van der Waals surface area (Å²) in [7, 11) is 0. The molecule has 0 fully saturated rings. The van der Waals surface area contributed by atoms with Crippen LogP contribution >= 0.6 is 0 Å². The van der Waals surface area contributed by atoms with Crippen LogP contribution in [0.1, 0.15) is 35.3 Å². The van der Waals surface area contributed by atoms with E-state index in [-0.39, 0.29) is 11.9 Å². The average Bonchev–Trinajstić information content (AvgIpc) is 3.13. The lowest BCUT2D eigenvalue weighted by Crippen LogP contribution is -2.28. The maximum absolute atomic E-state index is 12.6. The number of carbonyl (C=O) groups is 1. The van der Waals surface area contributed by atoms with Crippen LogP contribution in [-0.2, 0) is 0 Å². The van der Waals surface area contributed by atoms with Crippen LogP contribution in [0.5, 0.6) is 11.5 Å². The fraction of sp³-hybridized carbons (Fsp3) is 0.278. The number of hydrogen-bond donors (Lipinski definition) is 2. The summed E-state index contributed by atoms with van der Waals surface area (Å²) in [6, 6.07) is 10.9. The smallest absolute Gasteiger partial charge is 0.251 e. The van der Waals surface area contributed by atoms with E-state index in [4.69, 9.17) is 9.47 Å². The molecule has 0 spiro atoms. The number of ether oxygens (including phenoxy) is 2. The lowest BCUT2D eigenvalue weighted by molar-refractivity contribution is 0.0935. The van der Waals surface area contributed by atoms with Crippen molar-refractivity contribution < 1.29 is 14.3 Å². The van der Waals surface area contributed by atoms with E-state index < -0.39 is 0 Å². The fourth-order valence-corrected chi connectivity index (χ4v) is 2.92. The Hall–Kier alpha value is -3.09. The topological polar surface area (TPSA) is 89.1 Å². The second kappa shape index (κ2) is 6.43. The number of rotatable bonds is 4. The molecule has 1 aromatic heterocycles. The Kier molecular flexibility index (Phi) is 3.97. The molecule has 1 amide bonds. The Bertz CT molecular complexity index is 922. The number of benzene rings is 2. The molecule has 4 rings (SSSR count). The SMILES string of the molecule is CC[C@@H](NC(=O)c1ccc2n[nH]nc2c1)c1ccc2c(c1)OCCO2. The first-order chi connectivity index (χ1) is 12.2. The van der Waals surface area contributed by atoms with Crippen LogP contribution in [-0.4, -0.2) is 34.5 Å². The third-order valence-electron chi connectivity index (χ3n) is 4.26. The number of aromatic amines is 1. The summed E-state index contributed by atoms with van der Waals surface area (Å²) in [6.07, 6.45) is 0.761. The molecule has 0 aliphatic carbocycles. The second-order valence-corrected chi connectivity index (χ2v) is 5.86. The maximum Gasteiger partial charge on any atom is 0.251 e. The Morgan fingerprint density at radius 1 is 1.12 bits per heavy atom. The van der Waals surface area contributed by atoms with Crippen LogP contribution in [0.3, 0.4) is 0 Å². The summed E-state index contributed by atoms with van der Waals surface area (Å²) >= 11 is 0. The molecule has 2 N–H and O–H groups in total. The normalized spacial score (nSPS) is 14.3. The molecule has 128 valence electrons. The van der Waals surface area contributed by atoms with Crippen LogP contribution in [0.4, 0.5) is 0 Å². The molecule has 2 aromatic carbocycles. The molecule has 7 heteroatoms. The maximum atomic E-state index is 12.6. The molecular weight excluding hydrogens is 320 g/mol. The minimum atomic E-state index is -0.147. The van der Waals surface area contributed by atoms with Gasteiger partial charge in [0.15, 0.2) is 11.5 Å². The Morgan fingerprint density at radius 3 is 2.76 bits per heavy atom. The van der Waals surface area contributed by atoms with Gasteiger partial charge in [0.05, 0.1) is 6.04 Å². The highest BCUT2D eigenvalue weighted by Crippen LogP contribution is 2.33. The average molecular weight is 338 g/mol. The van der Waals surface area contributed by atoms with Crippen LogP contribution in [0.25, 0.3) is 11.0 Å². The van der Waals surface area contributed by atoms with Gasteiger partial charge >= 0.3 is 0 Å². The molecule has 7 nitrogen and oxygen atoms in total. The molecule has 0 bridgehead atoms. The first kappa shape index (κ1) is 15.4. The Morgan fingerprint density at radius 2 is 1.92 bits per heavy atom. The van der Waals surface area contributed by atoms with Crippen molar-refractivity contribution in [3.05, 3.63) is 47.5 Å². The molecule has 25 heavy (non-hydrogen) atoms. The van der Waals surface area contributed by atoms with Gasteiger partial charge in [0.1, 0.15) is 24.2 Å². The van der Waals surface area contributed by atoms with Crippen LogP contribution < -0.4 is 14.8 Å². The van der Waals surface area contributed by atoms with Gasteiger partial charge in [-0.2, -0.15) is 15.4 Å². The van der Waals surface area contributed by atoms with Gasteiger partial charge in [-0.25, -0.2) is 0 Å². The van der Waals surface area contributed by atoms with Crippen molar-refractivity contribution in [2.75, 3.05) is 13.2 Å². The van der Waals surface area contributed by atoms with Crippen molar-refractivity contribution in [3.8, 4) is 11.5 Å². The number of carbonyl (C=O) groups excluding carboxylic acids is 1. The van der Waals surface area contributed by atoms with Crippen molar-refractivity contribution in [2.24, 2.45) is 0 Å². The standard InChI is InChI=1S/C18H18N4O3/c1-2-13(11-4-6-16-17(10-11)25-8-7-24-16)19-18(23)12-3-5-14-15(9-12)21-22-20-14/h3-6,9-10,13H,2,7-8H2,1H3,(H,19,23)(H,20,21,22)/t13-/m1/s1. The molecule has 0 unspecified atom stereocenters. The molecule has 1 aliphatic heterocycles. The van der Waals surface area contributed by atoms with Crippen molar-refractivity contribution in [1.82, 2.24) is 20.7 Å². The number of nitrogens with one attached hydrogen (secondary N) is 2. The zero-order valence-corrected chi connectivity index (χ0v) is 13.8. The molecule has 0 saturated heterocycles. The van der Waals surface area contributed by atoms with Crippen LogP contribution in [0.2, 0.25) is 0 Å². The van der Waals surface area contributed by atoms with Gasteiger partial charge in [0.25, 0.3) is 5.91 Å². The summed E-state index contributed by atoms with van der Waals surface area (Å²) < 4.78 is 11.2. The van der Waals surface area contributed by atoms with Crippen molar-refractivity contribution in [3.63, 3.8) is 0 Å². The molecule has 1 atom stereocenters. The quantitative estimate of drug-likeness (QED) is 0.763. The Labute approximate surface area is 144 Å². The van der Waals surface area contributed by atoms with E-state index in [0.29, 0.717) is 24.3 Å². The summed E-state index contributed by atoms with van der Waals surface area (Å²) in [5, 5.41) is 13.6. The van der Waals surface area contributed by atoms with E-state index in [0.717, 1.165) is 29.0 Å². The van der Waals surface area contributed by atoms with Gasteiger partial charge in [-0.1, -0.05) is 13.0 Å². The van der Waals surface area contributed by atoms with Crippen molar-refractivity contribution in [1.29, 1.82) is 0 Å². The second-order valence-electron chi connectivity index (χ2n) is 5.86. The van der Waals surface area contributed by atoms with Gasteiger partial charge in [0.2, 0.25) is 0 Å². The molecule has 0 radical (unpaired) electrons. The third-order valence-corrected chi connectivity index (χ3v) is 4.26. The number of aromatic nitrogens is 3. The number of amides is 1. The van der Waals surface area contributed by atoms with E-state index in [9.17, 15) is 4.79 Å². The highest BCUT2D eigenvalue weighted by molar-refractivity contribution is 5.97. The number of fused-ring (bicyclic) bond motifs is 2. The van der Waals surface area contributed by atoms with Crippen molar-refractivity contribution in [2.45, 2.75) is 19.4 Å². The predicted molar refractivity (Wildman–Crippen MR) is 91.8 cm³/mol. The minimum absolute atomic E-state index is 0.115. The van der Waals surface area contributed by atoms with Crippen molar-refractivity contribution >= 4 is 16.9 Å². The highest BCUT2D eigenvalue weighted by Gasteiger charge is 2.18. The molecular formula is C18H18N4O3. The number of nitrogens with zero attached hydrogens (tertiary/aromatic N) is 2. The zero-order chi connectivity index (χ0) is 17.2. The summed E-state index contributed by atoms with van der Waals surface area (Å²) in [4.78, 5) is 12.6. The van der Waals surface area contributed by atoms with Gasteiger partial charge in [-0.05, 0) is 42.3 Å². The fourth-order valence-electron chi connectivity index (χ4n) is 2.92. The Balaban J connectivity index is 1.55. The van der Waals surface area contributed by atoms with E-state index in [1.54, 1.807) is 18.2 Å². The summed E-state index contributed by atoms with van der Waals surface area (Å²) in [5.41, 5.74) is 2.94. The highest BCUT2D eigenvalue weighted by atomic mass is 16.6. The van der Waals surface area contributed by atoms with Gasteiger partial charge in [-0.15, -0.1) is 0 Å². The largest absolute Gasteiger partial charge is 0.486 e. The first-order valence-electron chi connectivity index (χ1n) is 8.25. The first-order valence-corrected chi connectivity index (χ1v) is 8.25.